The van der Waals surface area contributed by atoms with Crippen LogP contribution >= 0.6 is 35.6 Å². The van der Waals surface area contributed by atoms with Gasteiger partial charge in [-0.05, 0) is 44.0 Å². The first-order chi connectivity index (χ1) is 12.5. The van der Waals surface area contributed by atoms with Crippen LogP contribution in [0.15, 0.2) is 48.5 Å². The minimum absolute atomic E-state index is 0.115. The number of rotatable bonds is 6. The lowest BCUT2D eigenvalue weighted by Gasteiger charge is -2.24. The van der Waals surface area contributed by atoms with Gasteiger partial charge < -0.3 is 10.2 Å². The van der Waals surface area contributed by atoms with E-state index in [-0.39, 0.29) is 5.91 Å². The number of nitrogens with zero attached hydrogens (tertiary/aromatic N) is 1. The molecule has 0 spiro atoms. The van der Waals surface area contributed by atoms with Crippen LogP contribution in [0.2, 0.25) is 5.02 Å². The molecule has 0 bridgehead atoms. The average molecular weight is 407 g/mol. The number of aryl methyl sites for hydroxylation is 1. The van der Waals surface area contributed by atoms with Crippen molar-refractivity contribution in [1.29, 1.82) is 0 Å². The van der Waals surface area contributed by atoms with Gasteiger partial charge in [-0.1, -0.05) is 72.0 Å². The molecule has 1 N–H and O–H groups in total. The van der Waals surface area contributed by atoms with Gasteiger partial charge in [-0.3, -0.25) is 4.79 Å². The third-order valence-electron chi connectivity index (χ3n) is 4.02. The fraction of sp³-hybridized carbons (Fsp3) is 0.300. The fourth-order valence-corrected chi connectivity index (χ4v) is 4.23. The molecule has 0 heterocycles. The molecule has 6 heteroatoms. The molecule has 1 atom stereocenters. The number of hydrogen-bond acceptors (Lipinski definition) is 3. The lowest BCUT2D eigenvalue weighted by Crippen LogP contribution is -2.29. The summed E-state index contributed by atoms with van der Waals surface area (Å²) in [6.07, 6.45) is 0. The molecule has 0 saturated carbocycles. The number of nitrogens with one attached hydrogen (secondary N) is 1. The van der Waals surface area contributed by atoms with E-state index in [1.54, 1.807) is 6.07 Å². The Morgan fingerprint density at radius 2 is 1.85 bits per heavy atom. The maximum Gasteiger partial charge on any atom is 0.242 e. The number of carbonyl (C=O) groups excluding carboxylic acids is 1. The van der Waals surface area contributed by atoms with Crippen molar-refractivity contribution in [2.45, 2.75) is 26.0 Å². The molecule has 1 amide bonds. The topological polar surface area (TPSA) is 32.3 Å². The molecule has 0 aliphatic rings. The molecular formula is C20H23ClN2OS2. The van der Waals surface area contributed by atoms with E-state index in [4.69, 9.17) is 23.8 Å². The van der Waals surface area contributed by atoms with Gasteiger partial charge in [0.25, 0.3) is 0 Å². The van der Waals surface area contributed by atoms with Gasteiger partial charge >= 0.3 is 0 Å². The highest BCUT2D eigenvalue weighted by Crippen LogP contribution is 2.33. The summed E-state index contributed by atoms with van der Waals surface area (Å²) in [5.41, 5.74) is 2.57. The van der Waals surface area contributed by atoms with Crippen LogP contribution in [0.25, 0.3) is 0 Å². The Balaban J connectivity index is 2.23. The van der Waals surface area contributed by atoms with E-state index in [2.05, 4.69) is 24.1 Å². The van der Waals surface area contributed by atoms with Gasteiger partial charge in [0, 0.05) is 23.8 Å². The minimum Gasteiger partial charge on any atom is -0.358 e. The summed E-state index contributed by atoms with van der Waals surface area (Å²) in [5, 5.41) is 3.17. The third kappa shape index (κ3) is 5.47. The van der Waals surface area contributed by atoms with E-state index in [9.17, 15) is 4.79 Å². The monoisotopic (exact) mass is 406 g/mol. The highest BCUT2D eigenvalue weighted by Gasteiger charge is 2.25. The number of anilines is 1. The second kappa shape index (κ2) is 9.95. The lowest BCUT2D eigenvalue weighted by atomic mass is 10.1. The Bertz CT molecular complexity index is 764. The van der Waals surface area contributed by atoms with Gasteiger partial charge in [-0.25, -0.2) is 0 Å². The fourth-order valence-electron chi connectivity index (χ4n) is 2.44. The second-order valence-electron chi connectivity index (χ2n) is 5.80. The maximum absolute atomic E-state index is 13.0. The Hall–Kier alpha value is -1.56. The SMILES string of the molecule is CCN(CC)C(=S)SC(C(=O)Nc1ccc(C)c(Cl)c1)c1ccccc1. The van der Waals surface area contributed by atoms with E-state index < -0.39 is 5.25 Å². The molecule has 3 nitrogen and oxygen atoms in total. The van der Waals surface area contributed by atoms with Crippen molar-refractivity contribution in [3.8, 4) is 0 Å². The van der Waals surface area contributed by atoms with Gasteiger partial charge in [-0.2, -0.15) is 0 Å². The first-order valence-corrected chi connectivity index (χ1v) is 10.2. The molecule has 0 radical (unpaired) electrons. The van der Waals surface area contributed by atoms with Gasteiger partial charge in [0.1, 0.15) is 9.57 Å². The summed E-state index contributed by atoms with van der Waals surface area (Å²) in [7, 11) is 0. The van der Waals surface area contributed by atoms with E-state index in [1.165, 1.54) is 11.8 Å². The molecule has 2 aromatic rings. The molecule has 2 rings (SSSR count). The average Bonchev–Trinajstić information content (AvgIpc) is 2.64. The van der Waals surface area contributed by atoms with Crippen molar-refractivity contribution in [1.82, 2.24) is 4.90 Å². The number of hydrogen-bond donors (Lipinski definition) is 1. The second-order valence-corrected chi connectivity index (χ2v) is 7.95. The van der Waals surface area contributed by atoms with Crippen LogP contribution in [0, 0.1) is 6.92 Å². The van der Waals surface area contributed by atoms with E-state index >= 15 is 0 Å². The number of amides is 1. The number of carbonyl (C=O) groups is 1. The van der Waals surface area contributed by atoms with Crippen molar-refractivity contribution in [3.05, 3.63) is 64.7 Å². The van der Waals surface area contributed by atoms with Gasteiger partial charge in [0.05, 0.1) is 0 Å². The number of thioether (sulfide) groups is 1. The first kappa shape index (κ1) is 20.7. The molecule has 138 valence electrons. The van der Waals surface area contributed by atoms with Crippen LogP contribution in [0.4, 0.5) is 5.69 Å². The highest BCUT2D eigenvalue weighted by molar-refractivity contribution is 8.23. The number of halogens is 1. The maximum atomic E-state index is 13.0. The zero-order valence-corrected chi connectivity index (χ0v) is 17.5. The molecule has 0 saturated heterocycles. The Morgan fingerprint density at radius 3 is 2.42 bits per heavy atom. The molecule has 26 heavy (non-hydrogen) atoms. The van der Waals surface area contributed by atoms with Crippen LogP contribution in [0.1, 0.15) is 30.2 Å². The smallest absolute Gasteiger partial charge is 0.242 e. The largest absolute Gasteiger partial charge is 0.358 e. The zero-order valence-electron chi connectivity index (χ0n) is 15.2. The summed E-state index contributed by atoms with van der Waals surface area (Å²) in [5.74, 6) is -0.115. The lowest BCUT2D eigenvalue weighted by molar-refractivity contribution is -0.115. The molecular weight excluding hydrogens is 384 g/mol. The molecule has 0 fully saturated rings. The van der Waals surface area contributed by atoms with Gasteiger partial charge in [0.2, 0.25) is 5.91 Å². The normalized spacial score (nSPS) is 11.7. The van der Waals surface area contributed by atoms with Crippen LogP contribution in [0.5, 0.6) is 0 Å². The quantitative estimate of drug-likeness (QED) is 0.624. The standard InChI is InChI=1S/C20H23ClN2OS2/c1-4-23(5-2)20(25)26-18(15-9-7-6-8-10-15)19(24)22-16-12-11-14(3)17(21)13-16/h6-13,18H,4-5H2,1-3H3,(H,22,24). The van der Waals surface area contributed by atoms with Crippen LogP contribution in [-0.2, 0) is 4.79 Å². The van der Waals surface area contributed by atoms with Crippen molar-refractivity contribution in [2.75, 3.05) is 18.4 Å². The zero-order chi connectivity index (χ0) is 19.1. The predicted octanol–water partition coefficient (Wildman–Crippen LogP) is 5.69. The van der Waals surface area contributed by atoms with E-state index in [1.807, 2.05) is 49.4 Å². The molecule has 0 aromatic heterocycles. The Kier molecular flexibility index (Phi) is 7.94. The van der Waals surface area contributed by atoms with Crippen molar-refractivity contribution in [2.24, 2.45) is 0 Å². The van der Waals surface area contributed by atoms with Crippen molar-refractivity contribution < 1.29 is 4.79 Å². The molecule has 0 aliphatic heterocycles. The van der Waals surface area contributed by atoms with E-state index in [0.29, 0.717) is 10.7 Å². The summed E-state index contributed by atoms with van der Waals surface area (Å²) < 4.78 is 0.723. The third-order valence-corrected chi connectivity index (χ3v) is 6.16. The number of benzene rings is 2. The molecule has 1 unspecified atom stereocenters. The summed E-state index contributed by atoms with van der Waals surface area (Å²) >= 11 is 13.1. The van der Waals surface area contributed by atoms with Crippen LogP contribution in [0.3, 0.4) is 0 Å². The van der Waals surface area contributed by atoms with Crippen LogP contribution < -0.4 is 5.32 Å². The van der Waals surface area contributed by atoms with Crippen molar-refractivity contribution in [3.63, 3.8) is 0 Å². The van der Waals surface area contributed by atoms with E-state index in [0.717, 1.165) is 28.5 Å². The van der Waals surface area contributed by atoms with Gasteiger partial charge in [-0.15, -0.1) is 0 Å². The van der Waals surface area contributed by atoms with Gasteiger partial charge in [0.15, 0.2) is 0 Å². The summed E-state index contributed by atoms with van der Waals surface area (Å²) in [6.45, 7) is 7.68. The molecule has 0 aliphatic carbocycles. The minimum atomic E-state index is -0.427. The van der Waals surface area contributed by atoms with Crippen molar-refractivity contribution >= 4 is 51.5 Å². The molecule has 2 aromatic carbocycles. The summed E-state index contributed by atoms with van der Waals surface area (Å²) in [6, 6.07) is 15.2. The Labute approximate surface area is 170 Å². The predicted molar refractivity (Wildman–Crippen MR) is 117 cm³/mol. The van der Waals surface area contributed by atoms with Crippen LogP contribution in [-0.4, -0.2) is 28.2 Å². The summed E-state index contributed by atoms with van der Waals surface area (Å²) in [4.78, 5) is 15.1. The number of thiocarbonyl (C=S) groups is 1. The Morgan fingerprint density at radius 1 is 1.19 bits per heavy atom. The first-order valence-electron chi connectivity index (χ1n) is 8.53. The highest BCUT2D eigenvalue weighted by atomic mass is 35.5.